The van der Waals surface area contributed by atoms with Crippen LogP contribution in [0.2, 0.25) is 0 Å². The molecule has 0 aliphatic carbocycles. The lowest BCUT2D eigenvalue weighted by atomic mass is 10.1. The fraction of sp³-hybridized carbons (Fsp3) is 0.250. The molecular weight excluding hydrogens is 279 g/mol. The molecular formula is C16H16F3NO. The van der Waals surface area contributed by atoms with Crippen LogP contribution in [0.1, 0.15) is 16.7 Å². The highest BCUT2D eigenvalue weighted by molar-refractivity contribution is 5.36. The van der Waals surface area contributed by atoms with E-state index in [0.29, 0.717) is 18.5 Å². The third-order valence-corrected chi connectivity index (χ3v) is 2.97. The standard InChI is InChI=1S/C16H16F3NO/c17-16(18,19)14-8-13(6-7-20)9-15(10-14)21-11-12-4-2-1-3-5-12/h1-5,8-10H,6-7,11,20H2. The molecule has 0 aliphatic rings. The minimum Gasteiger partial charge on any atom is -0.489 e. The van der Waals surface area contributed by atoms with E-state index in [1.165, 1.54) is 0 Å². The normalized spacial score (nSPS) is 11.4. The van der Waals surface area contributed by atoms with Crippen LogP contribution in [-0.4, -0.2) is 6.54 Å². The topological polar surface area (TPSA) is 35.2 Å². The zero-order chi connectivity index (χ0) is 15.3. The molecule has 0 fully saturated rings. The molecule has 0 heterocycles. The second kappa shape index (κ2) is 6.63. The lowest BCUT2D eigenvalue weighted by molar-refractivity contribution is -0.137. The molecule has 0 aliphatic heterocycles. The minimum atomic E-state index is -4.39. The van der Waals surface area contributed by atoms with Crippen molar-refractivity contribution in [2.45, 2.75) is 19.2 Å². The van der Waals surface area contributed by atoms with Gasteiger partial charge in [-0.3, -0.25) is 0 Å². The van der Waals surface area contributed by atoms with Crippen LogP contribution in [0.4, 0.5) is 13.2 Å². The van der Waals surface area contributed by atoms with Gasteiger partial charge in [0.25, 0.3) is 0 Å². The molecule has 2 aromatic rings. The molecule has 0 amide bonds. The molecule has 112 valence electrons. The Kier molecular flexibility index (Phi) is 4.85. The Morgan fingerprint density at radius 1 is 0.952 bits per heavy atom. The van der Waals surface area contributed by atoms with Crippen LogP contribution >= 0.6 is 0 Å². The Bertz CT molecular complexity index is 582. The monoisotopic (exact) mass is 295 g/mol. The van der Waals surface area contributed by atoms with Crippen LogP contribution in [0.15, 0.2) is 48.5 Å². The molecule has 0 spiro atoms. The molecule has 0 saturated carbocycles. The fourth-order valence-corrected chi connectivity index (χ4v) is 1.96. The average molecular weight is 295 g/mol. The summed E-state index contributed by atoms with van der Waals surface area (Å²) in [6.07, 6.45) is -4.01. The van der Waals surface area contributed by atoms with Crippen molar-refractivity contribution < 1.29 is 17.9 Å². The number of hydrogen-bond acceptors (Lipinski definition) is 2. The zero-order valence-corrected chi connectivity index (χ0v) is 11.4. The second-order valence-electron chi connectivity index (χ2n) is 4.68. The molecule has 5 heteroatoms. The molecule has 2 rings (SSSR count). The molecule has 2 nitrogen and oxygen atoms in total. The van der Waals surface area contributed by atoms with Crippen LogP contribution in [-0.2, 0) is 19.2 Å². The Labute approximate surface area is 121 Å². The van der Waals surface area contributed by atoms with Crippen LogP contribution < -0.4 is 10.5 Å². The van der Waals surface area contributed by atoms with Crippen molar-refractivity contribution in [2.75, 3.05) is 6.54 Å². The van der Waals surface area contributed by atoms with Gasteiger partial charge in [-0.25, -0.2) is 0 Å². The smallest absolute Gasteiger partial charge is 0.416 e. The van der Waals surface area contributed by atoms with E-state index in [1.54, 1.807) is 6.07 Å². The van der Waals surface area contributed by atoms with Crippen molar-refractivity contribution in [1.82, 2.24) is 0 Å². The first kappa shape index (κ1) is 15.4. The third kappa shape index (κ3) is 4.49. The van der Waals surface area contributed by atoms with Gasteiger partial charge >= 0.3 is 6.18 Å². The van der Waals surface area contributed by atoms with E-state index >= 15 is 0 Å². The lowest BCUT2D eigenvalue weighted by Gasteiger charge is -2.13. The maximum Gasteiger partial charge on any atom is 0.416 e. The van der Waals surface area contributed by atoms with Gasteiger partial charge in [0.2, 0.25) is 0 Å². The number of hydrogen-bond donors (Lipinski definition) is 1. The van der Waals surface area contributed by atoms with E-state index in [0.717, 1.165) is 17.7 Å². The van der Waals surface area contributed by atoms with E-state index in [1.807, 2.05) is 30.3 Å². The predicted octanol–water partition coefficient (Wildman–Crippen LogP) is 3.79. The third-order valence-electron chi connectivity index (χ3n) is 2.97. The molecule has 2 aromatic carbocycles. The Morgan fingerprint density at radius 3 is 2.29 bits per heavy atom. The summed E-state index contributed by atoms with van der Waals surface area (Å²) in [5.41, 5.74) is 6.12. The first-order valence-corrected chi connectivity index (χ1v) is 6.57. The van der Waals surface area contributed by atoms with Gasteiger partial charge in [0.1, 0.15) is 12.4 Å². The molecule has 0 bridgehead atoms. The number of ether oxygens (including phenoxy) is 1. The van der Waals surface area contributed by atoms with Crippen LogP contribution in [0.25, 0.3) is 0 Å². The molecule has 21 heavy (non-hydrogen) atoms. The largest absolute Gasteiger partial charge is 0.489 e. The molecule has 0 unspecified atom stereocenters. The van der Waals surface area contributed by atoms with Crippen molar-refractivity contribution in [3.63, 3.8) is 0 Å². The van der Waals surface area contributed by atoms with Crippen molar-refractivity contribution >= 4 is 0 Å². The summed E-state index contributed by atoms with van der Waals surface area (Å²) in [5, 5.41) is 0. The van der Waals surface area contributed by atoms with E-state index in [2.05, 4.69) is 0 Å². The minimum absolute atomic E-state index is 0.206. The summed E-state index contributed by atoms with van der Waals surface area (Å²) >= 11 is 0. The highest BCUT2D eigenvalue weighted by atomic mass is 19.4. The maximum absolute atomic E-state index is 12.9. The van der Waals surface area contributed by atoms with Gasteiger partial charge in [0.05, 0.1) is 5.56 Å². The predicted molar refractivity (Wildman–Crippen MR) is 75.0 cm³/mol. The Balaban J connectivity index is 2.19. The number of alkyl halides is 3. The van der Waals surface area contributed by atoms with Gasteiger partial charge in [0.15, 0.2) is 0 Å². The number of benzene rings is 2. The van der Waals surface area contributed by atoms with E-state index < -0.39 is 11.7 Å². The van der Waals surface area contributed by atoms with E-state index in [4.69, 9.17) is 10.5 Å². The fourth-order valence-electron chi connectivity index (χ4n) is 1.96. The van der Waals surface area contributed by atoms with Crippen LogP contribution in [0.3, 0.4) is 0 Å². The van der Waals surface area contributed by atoms with Crippen molar-refractivity contribution in [2.24, 2.45) is 5.73 Å². The summed E-state index contributed by atoms with van der Waals surface area (Å²) in [7, 11) is 0. The lowest BCUT2D eigenvalue weighted by Crippen LogP contribution is -2.09. The van der Waals surface area contributed by atoms with Crippen molar-refractivity contribution in [3.05, 3.63) is 65.2 Å². The zero-order valence-electron chi connectivity index (χ0n) is 11.4. The molecule has 0 aromatic heterocycles. The van der Waals surface area contributed by atoms with Crippen molar-refractivity contribution in [1.29, 1.82) is 0 Å². The summed E-state index contributed by atoms with van der Waals surface area (Å²) in [6, 6.07) is 13.0. The molecule has 2 N–H and O–H groups in total. The number of halogens is 3. The summed E-state index contributed by atoms with van der Waals surface area (Å²) in [4.78, 5) is 0. The summed E-state index contributed by atoms with van der Waals surface area (Å²) in [6.45, 7) is 0.518. The van der Waals surface area contributed by atoms with E-state index in [-0.39, 0.29) is 12.4 Å². The SMILES string of the molecule is NCCc1cc(OCc2ccccc2)cc(C(F)(F)F)c1. The molecule has 0 radical (unpaired) electrons. The quantitative estimate of drug-likeness (QED) is 0.911. The Morgan fingerprint density at radius 2 is 1.67 bits per heavy atom. The highest BCUT2D eigenvalue weighted by Gasteiger charge is 2.31. The van der Waals surface area contributed by atoms with Crippen LogP contribution in [0, 0.1) is 0 Å². The van der Waals surface area contributed by atoms with Crippen molar-refractivity contribution in [3.8, 4) is 5.75 Å². The average Bonchev–Trinajstić information content (AvgIpc) is 2.45. The second-order valence-corrected chi connectivity index (χ2v) is 4.68. The van der Waals surface area contributed by atoms with Gasteiger partial charge in [-0.15, -0.1) is 0 Å². The number of rotatable bonds is 5. The van der Waals surface area contributed by atoms with Gasteiger partial charge in [0, 0.05) is 0 Å². The van der Waals surface area contributed by atoms with Crippen LogP contribution in [0.5, 0.6) is 5.75 Å². The first-order valence-electron chi connectivity index (χ1n) is 6.57. The van der Waals surface area contributed by atoms with E-state index in [9.17, 15) is 13.2 Å². The van der Waals surface area contributed by atoms with Gasteiger partial charge in [-0.1, -0.05) is 30.3 Å². The Hall–Kier alpha value is -2.01. The summed E-state index contributed by atoms with van der Waals surface area (Å²) < 4.78 is 44.1. The van der Waals surface area contributed by atoms with Gasteiger partial charge < -0.3 is 10.5 Å². The number of nitrogens with two attached hydrogens (primary N) is 1. The van der Waals surface area contributed by atoms with Gasteiger partial charge in [-0.2, -0.15) is 13.2 Å². The molecule has 0 atom stereocenters. The highest BCUT2D eigenvalue weighted by Crippen LogP contribution is 2.33. The molecule has 0 saturated heterocycles. The first-order chi connectivity index (χ1) is 9.99. The maximum atomic E-state index is 12.9. The summed E-state index contributed by atoms with van der Waals surface area (Å²) in [5.74, 6) is 0.206. The van der Waals surface area contributed by atoms with Gasteiger partial charge in [-0.05, 0) is 42.3 Å².